The minimum Gasteiger partial charge on any atom is -0.376 e. The van der Waals surface area contributed by atoms with Crippen LogP contribution in [-0.4, -0.2) is 29.2 Å². The summed E-state index contributed by atoms with van der Waals surface area (Å²) in [6.07, 6.45) is -5.25. The Kier molecular flexibility index (Phi) is 3.66. The first kappa shape index (κ1) is 15.8. The van der Waals surface area contributed by atoms with Crippen molar-refractivity contribution in [3.05, 3.63) is 21.7 Å². The van der Waals surface area contributed by atoms with E-state index in [-0.39, 0.29) is 24.3 Å². The fourth-order valence-corrected chi connectivity index (χ4v) is 2.86. The molecule has 0 saturated carbocycles. The van der Waals surface area contributed by atoms with Gasteiger partial charge in [0.25, 0.3) is 0 Å². The van der Waals surface area contributed by atoms with Gasteiger partial charge < -0.3 is 5.11 Å². The van der Waals surface area contributed by atoms with Crippen molar-refractivity contribution in [1.29, 1.82) is 0 Å². The molecule has 0 aromatic carbocycles. The summed E-state index contributed by atoms with van der Waals surface area (Å²) in [7, 11) is -4.91. The lowest BCUT2D eigenvalue weighted by Gasteiger charge is -2.24. The lowest BCUT2D eigenvalue weighted by atomic mass is 9.98. The Labute approximate surface area is 108 Å². The highest BCUT2D eigenvalue weighted by Crippen LogP contribution is 2.46. The van der Waals surface area contributed by atoms with Gasteiger partial charge in [0.15, 0.2) is 9.81 Å². The molecule has 0 bridgehead atoms. The summed E-state index contributed by atoms with van der Waals surface area (Å²) < 4.78 is 66.9. The molecule has 0 aliphatic heterocycles. The molecule has 1 unspecified atom stereocenters. The van der Waals surface area contributed by atoms with Gasteiger partial charge in [-0.3, -0.25) is 14.7 Å². The van der Waals surface area contributed by atoms with Gasteiger partial charge in [0.2, 0.25) is 0 Å². The first-order valence-corrected chi connectivity index (χ1v) is 6.59. The molecule has 1 heterocycles. The van der Waals surface area contributed by atoms with Gasteiger partial charge in [-0.15, -0.1) is 0 Å². The quantitative estimate of drug-likeness (QED) is 0.497. The van der Waals surface area contributed by atoms with Crippen LogP contribution < -0.4 is 0 Å². The van der Waals surface area contributed by atoms with E-state index in [1.807, 2.05) is 0 Å². The maximum Gasteiger partial charge on any atom is 0.421 e. The first-order valence-electron chi connectivity index (χ1n) is 4.33. The number of nitrogens with zero attached hydrogens (tertiary/aromatic N) is 1. The zero-order chi connectivity index (χ0) is 15.2. The molecule has 1 aromatic rings. The number of hydrogen-bond acceptors (Lipinski definition) is 6. The summed E-state index contributed by atoms with van der Waals surface area (Å²) in [5, 5.41) is 18.7. The average Bonchev–Trinajstić information content (AvgIpc) is 2.59. The second-order valence-corrected chi connectivity index (χ2v) is 6.27. The summed E-state index contributed by atoms with van der Waals surface area (Å²) in [4.78, 5) is 9.33. The van der Waals surface area contributed by atoms with Gasteiger partial charge in [0.1, 0.15) is 0 Å². The lowest BCUT2D eigenvalue weighted by molar-refractivity contribution is -0.383. The van der Waals surface area contributed by atoms with Crippen LogP contribution in [0.25, 0.3) is 0 Å². The van der Waals surface area contributed by atoms with Crippen molar-refractivity contribution in [2.24, 2.45) is 0 Å². The summed E-state index contributed by atoms with van der Waals surface area (Å²) in [6.45, 7) is 0.246. The Bertz CT molecular complexity index is 617. The molecule has 12 heteroatoms. The van der Waals surface area contributed by atoms with E-state index >= 15 is 0 Å². The average molecular weight is 321 g/mol. The molecule has 1 atom stereocenters. The second kappa shape index (κ2) is 4.40. The summed E-state index contributed by atoms with van der Waals surface area (Å²) in [5.74, 6) is 0. The number of rotatable bonds is 3. The number of thiophene rings is 1. The predicted molar refractivity (Wildman–Crippen MR) is 56.4 cm³/mol. The van der Waals surface area contributed by atoms with Crippen LogP contribution in [0.2, 0.25) is 0 Å². The van der Waals surface area contributed by atoms with Crippen LogP contribution in [0, 0.1) is 10.1 Å². The van der Waals surface area contributed by atoms with Gasteiger partial charge in [-0.2, -0.15) is 21.6 Å². The van der Waals surface area contributed by atoms with Crippen LogP contribution in [0.3, 0.4) is 0 Å². The number of hydrogen-bond donors (Lipinski definition) is 2. The molecule has 1 rings (SSSR count). The Morgan fingerprint density at radius 3 is 2.21 bits per heavy atom. The third-order valence-corrected chi connectivity index (χ3v) is 4.58. The van der Waals surface area contributed by atoms with E-state index in [9.17, 15) is 36.8 Å². The standard InChI is InChI=1S/C7H6F3NO6S2/c1-6(12,7(8,9)10)3-2-4(19(15,16)17)18-5(3)11(13)14/h2,12H,1H3,(H,15,16,17). The van der Waals surface area contributed by atoms with Crippen molar-refractivity contribution in [2.75, 3.05) is 0 Å². The van der Waals surface area contributed by atoms with E-state index in [0.717, 1.165) is 0 Å². The maximum atomic E-state index is 12.6. The van der Waals surface area contributed by atoms with Gasteiger partial charge >= 0.3 is 21.3 Å². The molecule has 19 heavy (non-hydrogen) atoms. The van der Waals surface area contributed by atoms with Crippen LogP contribution in [0.4, 0.5) is 18.2 Å². The third kappa shape index (κ3) is 2.86. The summed E-state index contributed by atoms with van der Waals surface area (Å²) in [6, 6.07) is 0.228. The first-order chi connectivity index (χ1) is 8.28. The van der Waals surface area contributed by atoms with Crippen LogP contribution in [0.5, 0.6) is 0 Å². The molecule has 2 N–H and O–H groups in total. The molecule has 0 radical (unpaired) electrons. The smallest absolute Gasteiger partial charge is 0.376 e. The molecule has 0 fully saturated rings. The van der Waals surface area contributed by atoms with Crippen LogP contribution >= 0.6 is 11.3 Å². The number of aliphatic hydroxyl groups is 1. The van der Waals surface area contributed by atoms with E-state index in [0.29, 0.717) is 0 Å². The molecule has 0 aliphatic carbocycles. The normalized spacial score (nSPS) is 16.1. The zero-order valence-corrected chi connectivity index (χ0v) is 10.6. The van der Waals surface area contributed by atoms with Crippen molar-refractivity contribution >= 4 is 26.5 Å². The fourth-order valence-electron chi connectivity index (χ4n) is 1.12. The van der Waals surface area contributed by atoms with E-state index in [1.54, 1.807) is 0 Å². The van der Waals surface area contributed by atoms with Crippen LogP contribution in [0.15, 0.2) is 10.3 Å². The van der Waals surface area contributed by atoms with E-state index in [2.05, 4.69) is 0 Å². The monoisotopic (exact) mass is 321 g/mol. The van der Waals surface area contributed by atoms with Gasteiger partial charge in [0.05, 0.1) is 10.5 Å². The van der Waals surface area contributed by atoms with Crippen molar-refractivity contribution < 1.29 is 36.2 Å². The van der Waals surface area contributed by atoms with Crippen molar-refractivity contribution in [2.45, 2.75) is 22.9 Å². The number of nitro groups is 1. The third-order valence-electron chi connectivity index (χ3n) is 2.19. The Morgan fingerprint density at radius 2 is 1.89 bits per heavy atom. The highest BCUT2D eigenvalue weighted by molar-refractivity contribution is 7.88. The number of halogens is 3. The maximum absolute atomic E-state index is 12.6. The fraction of sp³-hybridized carbons (Fsp3) is 0.429. The SMILES string of the molecule is CC(O)(c1cc(S(=O)(=O)O)sc1[N+](=O)[O-])C(F)(F)F. The highest BCUT2D eigenvalue weighted by atomic mass is 32.3. The largest absolute Gasteiger partial charge is 0.421 e. The van der Waals surface area contributed by atoms with Crippen molar-refractivity contribution in [1.82, 2.24) is 0 Å². The Balaban J connectivity index is 3.60. The molecule has 0 aliphatic rings. The Morgan fingerprint density at radius 1 is 1.42 bits per heavy atom. The van der Waals surface area contributed by atoms with Crippen molar-refractivity contribution in [3.63, 3.8) is 0 Å². The van der Waals surface area contributed by atoms with Gasteiger partial charge in [-0.25, -0.2) is 0 Å². The molecule has 108 valence electrons. The van der Waals surface area contributed by atoms with Gasteiger partial charge in [0, 0.05) is 0 Å². The number of alkyl halides is 3. The minimum atomic E-state index is -5.25. The topological polar surface area (TPSA) is 118 Å². The van der Waals surface area contributed by atoms with E-state index < -0.39 is 41.6 Å². The molecular formula is C7H6F3NO6S2. The minimum absolute atomic E-state index is 0.180. The molecule has 1 aromatic heterocycles. The van der Waals surface area contributed by atoms with E-state index in [4.69, 9.17) is 4.55 Å². The van der Waals surface area contributed by atoms with Crippen LogP contribution in [-0.2, 0) is 15.7 Å². The molecule has 7 nitrogen and oxygen atoms in total. The highest BCUT2D eigenvalue weighted by Gasteiger charge is 2.55. The zero-order valence-electron chi connectivity index (χ0n) is 9.00. The summed E-state index contributed by atoms with van der Waals surface area (Å²) >= 11 is -0.180. The second-order valence-electron chi connectivity index (χ2n) is 3.59. The molecule has 0 saturated heterocycles. The molecular weight excluding hydrogens is 315 g/mol. The molecule has 0 amide bonds. The van der Waals surface area contributed by atoms with Crippen molar-refractivity contribution in [3.8, 4) is 0 Å². The lowest BCUT2D eigenvalue weighted by Crippen LogP contribution is -2.39. The predicted octanol–water partition coefficient (Wildman–Crippen LogP) is 1.67. The Hall–Kier alpha value is -1.24. The summed E-state index contributed by atoms with van der Waals surface area (Å²) in [5.41, 5.74) is -4.86. The van der Waals surface area contributed by atoms with Gasteiger partial charge in [-0.1, -0.05) is 0 Å². The van der Waals surface area contributed by atoms with Gasteiger partial charge in [-0.05, 0) is 24.3 Å². The van der Waals surface area contributed by atoms with E-state index in [1.165, 1.54) is 0 Å². The van der Waals surface area contributed by atoms with Crippen LogP contribution in [0.1, 0.15) is 12.5 Å². The molecule has 0 spiro atoms.